The molecule has 256 valence electrons. The molecule has 1 saturated heterocycles. The Bertz CT molecular complexity index is 1650. The fourth-order valence-corrected chi connectivity index (χ4v) is 5.98. The second-order valence-electron chi connectivity index (χ2n) is 12.3. The minimum atomic E-state index is -1.19. The van der Waals surface area contributed by atoms with Crippen LogP contribution in [0, 0.1) is 12.8 Å². The average Bonchev–Trinajstić information content (AvgIpc) is 3.50. The molecule has 3 aromatic rings. The Kier molecular flexibility index (Phi) is 10.8. The molecule has 2 N–H and O–H groups in total. The molecule has 2 aromatic carbocycles. The van der Waals surface area contributed by atoms with Crippen LogP contribution >= 0.6 is 11.6 Å². The number of nitrogens with one attached hydrogen (secondary N) is 2. The molecule has 48 heavy (non-hydrogen) atoms. The third kappa shape index (κ3) is 7.84. The molecule has 2 aliphatic rings. The lowest BCUT2D eigenvalue weighted by Crippen LogP contribution is -2.58. The number of nitrogens with zero attached hydrogens (tertiary/aromatic N) is 4. The van der Waals surface area contributed by atoms with Gasteiger partial charge in [-0.05, 0) is 56.2 Å². The molecule has 4 amide bonds. The summed E-state index contributed by atoms with van der Waals surface area (Å²) in [5.74, 6) is -1.10. The summed E-state index contributed by atoms with van der Waals surface area (Å²) < 4.78 is 17.1. The van der Waals surface area contributed by atoms with Crippen molar-refractivity contribution in [3.8, 4) is 11.5 Å². The number of oxazole rings is 1. The van der Waals surface area contributed by atoms with Crippen LogP contribution in [-0.4, -0.2) is 103 Å². The number of halogens is 1. The SMILES string of the molecule is COc1ccc2cc1O[C@@H](C(=O)N1CCN(c3cccc(Cl)c3)CC1)[C@H](C)NC(=O)CN(C(=O)c1ncoc1C)C[C@H](C(C)C)NC2=O. The van der Waals surface area contributed by atoms with Gasteiger partial charge in [-0.25, -0.2) is 4.98 Å². The summed E-state index contributed by atoms with van der Waals surface area (Å²) >= 11 is 6.20. The molecule has 2 aliphatic heterocycles. The highest BCUT2D eigenvalue weighted by molar-refractivity contribution is 6.30. The molecule has 0 spiro atoms. The standard InChI is InChI=1S/C34H41ClN6O7/c1-20(2)26-17-41(33(44)30-22(4)47-19-36-30)18-29(42)37-21(3)31(48-28-15-23(32(43)38-26)9-10-27(28)46-5)34(45)40-13-11-39(12-14-40)25-8-6-7-24(35)16-25/h6-10,15-16,19-21,26,31H,11-14,17-18H2,1-5H3,(H,37,42)(H,38,43)/t21-,26+,31+/m0/s1. The highest BCUT2D eigenvalue weighted by Crippen LogP contribution is 2.31. The maximum atomic E-state index is 14.2. The molecule has 5 rings (SSSR count). The Morgan fingerprint density at radius 1 is 1.04 bits per heavy atom. The smallest absolute Gasteiger partial charge is 0.276 e. The van der Waals surface area contributed by atoms with Crippen LogP contribution in [0.5, 0.6) is 11.5 Å². The highest BCUT2D eigenvalue weighted by atomic mass is 35.5. The Hall–Kier alpha value is -4.78. The van der Waals surface area contributed by atoms with Gasteiger partial charge in [0.25, 0.3) is 17.7 Å². The minimum absolute atomic E-state index is 0.0229. The number of hydrogen-bond donors (Lipinski definition) is 2. The number of ether oxygens (including phenoxy) is 2. The van der Waals surface area contributed by atoms with Crippen molar-refractivity contribution in [1.29, 1.82) is 0 Å². The predicted molar refractivity (Wildman–Crippen MR) is 178 cm³/mol. The first kappa shape index (κ1) is 34.6. The normalized spacial score (nSPS) is 20.8. The van der Waals surface area contributed by atoms with E-state index in [9.17, 15) is 19.2 Å². The van der Waals surface area contributed by atoms with Crippen LogP contribution in [0.15, 0.2) is 53.3 Å². The van der Waals surface area contributed by atoms with Crippen molar-refractivity contribution < 1.29 is 33.1 Å². The zero-order valence-corrected chi connectivity index (χ0v) is 28.5. The van der Waals surface area contributed by atoms with E-state index in [1.807, 2.05) is 38.1 Å². The molecular weight excluding hydrogens is 640 g/mol. The van der Waals surface area contributed by atoms with Crippen LogP contribution in [0.3, 0.4) is 0 Å². The van der Waals surface area contributed by atoms with Gasteiger partial charge >= 0.3 is 0 Å². The summed E-state index contributed by atoms with van der Waals surface area (Å²) in [5, 5.41) is 6.51. The summed E-state index contributed by atoms with van der Waals surface area (Å²) in [7, 11) is 1.47. The number of carbonyl (C=O) groups excluding carboxylic acids is 4. The fourth-order valence-electron chi connectivity index (χ4n) is 5.79. The zero-order chi connectivity index (χ0) is 34.5. The van der Waals surface area contributed by atoms with Crippen molar-refractivity contribution >= 4 is 40.9 Å². The van der Waals surface area contributed by atoms with E-state index in [2.05, 4.69) is 20.5 Å². The van der Waals surface area contributed by atoms with Gasteiger partial charge in [-0.3, -0.25) is 19.2 Å². The molecule has 2 bridgehead atoms. The van der Waals surface area contributed by atoms with E-state index in [0.717, 1.165) is 5.69 Å². The lowest BCUT2D eigenvalue weighted by atomic mass is 10.0. The number of amides is 4. The van der Waals surface area contributed by atoms with E-state index in [4.69, 9.17) is 25.5 Å². The molecule has 0 unspecified atom stereocenters. The summed E-state index contributed by atoms with van der Waals surface area (Å²) in [5.41, 5.74) is 1.31. The fraction of sp³-hybridized carbons (Fsp3) is 0.441. The third-order valence-corrected chi connectivity index (χ3v) is 8.87. The van der Waals surface area contributed by atoms with E-state index >= 15 is 0 Å². The summed E-state index contributed by atoms with van der Waals surface area (Å²) in [6, 6.07) is 10.9. The summed E-state index contributed by atoms with van der Waals surface area (Å²) in [6.45, 7) is 8.70. The second kappa shape index (κ2) is 15.0. The Morgan fingerprint density at radius 2 is 1.79 bits per heavy atom. The Balaban J connectivity index is 1.46. The molecule has 0 saturated carbocycles. The molecule has 1 fully saturated rings. The Morgan fingerprint density at radius 3 is 2.44 bits per heavy atom. The van der Waals surface area contributed by atoms with Gasteiger partial charge in [0.2, 0.25) is 5.91 Å². The minimum Gasteiger partial charge on any atom is -0.493 e. The highest BCUT2D eigenvalue weighted by Gasteiger charge is 2.36. The molecule has 0 radical (unpaired) electrons. The molecule has 3 atom stereocenters. The number of hydrogen-bond acceptors (Lipinski definition) is 9. The lowest BCUT2D eigenvalue weighted by molar-refractivity contribution is -0.140. The molecule has 14 heteroatoms. The lowest BCUT2D eigenvalue weighted by Gasteiger charge is -2.38. The maximum Gasteiger partial charge on any atom is 0.276 e. The number of anilines is 1. The molecule has 1 aromatic heterocycles. The molecule has 3 heterocycles. The van der Waals surface area contributed by atoms with Gasteiger partial charge < -0.3 is 39.2 Å². The van der Waals surface area contributed by atoms with Crippen molar-refractivity contribution in [3.63, 3.8) is 0 Å². The first-order valence-electron chi connectivity index (χ1n) is 15.9. The monoisotopic (exact) mass is 680 g/mol. The first-order chi connectivity index (χ1) is 22.9. The molecular formula is C34H41ClN6O7. The number of methoxy groups -OCH3 is 1. The van der Waals surface area contributed by atoms with Crippen molar-refractivity contribution in [1.82, 2.24) is 25.4 Å². The summed E-state index contributed by atoms with van der Waals surface area (Å²) in [4.78, 5) is 64.2. The van der Waals surface area contributed by atoms with Crippen molar-refractivity contribution in [2.75, 3.05) is 51.3 Å². The third-order valence-electron chi connectivity index (χ3n) is 8.64. The largest absolute Gasteiger partial charge is 0.493 e. The number of benzene rings is 2. The molecule has 0 aliphatic carbocycles. The number of rotatable bonds is 5. The number of fused-ring (bicyclic) bond motifs is 2. The Labute approximate surface area is 284 Å². The van der Waals surface area contributed by atoms with Gasteiger partial charge in [-0.1, -0.05) is 31.5 Å². The van der Waals surface area contributed by atoms with Crippen molar-refractivity contribution in [2.24, 2.45) is 5.92 Å². The van der Waals surface area contributed by atoms with Gasteiger partial charge in [0, 0.05) is 55.0 Å². The summed E-state index contributed by atoms with van der Waals surface area (Å²) in [6.07, 6.45) is -0.0209. The van der Waals surface area contributed by atoms with Gasteiger partial charge in [-0.15, -0.1) is 0 Å². The second-order valence-corrected chi connectivity index (χ2v) is 12.8. The first-order valence-corrected chi connectivity index (χ1v) is 16.3. The van der Waals surface area contributed by atoms with E-state index in [1.54, 1.807) is 30.9 Å². The van der Waals surface area contributed by atoms with Gasteiger partial charge in [0.15, 0.2) is 29.7 Å². The number of aromatic nitrogens is 1. The predicted octanol–water partition coefficient (Wildman–Crippen LogP) is 3.16. The van der Waals surface area contributed by atoms with Gasteiger partial charge in [0.05, 0.1) is 19.7 Å². The van der Waals surface area contributed by atoms with Crippen LogP contribution in [0.2, 0.25) is 5.02 Å². The number of piperazine rings is 1. The van der Waals surface area contributed by atoms with Crippen LogP contribution in [-0.2, 0) is 9.59 Å². The van der Waals surface area contributed by atoms with Crippen molar-refractivity contribution in [2.45, 2.75) is 45.9 Å². The van der Waals surface area contributed by atoms with Crippen LogP contribution < -0.4 is 25.0 Å². The van der Waals surface area contributed by atoms with E-state index < -0.39 is 35.9 Å². The van der Waals surface area contributed by atoms with E-state index in [1.165, 1.54) is 24.5 Å². The topological polar surface area (TPSA) is 147 Å². The van der Waals surface area contributed by atoms with E-state index in [0.29, 0.717) is 42.7 Å². The number of aryl methyl sites for hydroxylation is 1. The zero-order valence-electron chi connectivity index (χ0n) is 27.7. The maximum absolute atomic E-state index is 14.2. The van der Waals surface area contributed by atoms with Crippen LogP contribution in [0.1, 0.15) is 47.4 Å². The van der Waals surface area contributed by atoms with Crippen LogP contribution in [0.4, 0.5) is 5.69 Å². The van der Waals surface area contributed by atoms with Crippen LogP contribution in [0.25, 0.3) is 0 Å². The van der Waals surface area contributed by atoms with Crippen molar-refractivity contribution in [3.05, 3.63) is 70.9 Å². The average molecular weight is 681 g/mol. The van der Waals surface area contributed by atoms with Gasteiger partial charge in [-0.2, -0.15) is 0 Å². The van der Waals surface area contributed by atoms with E-state index in [-0.39, 0.29) is 41.9 Å². The van der Waals surface area contributed by atoms with Gasteiger partial charge in [0.1, 0.15) is 5.76 Å². The molecule has 13 nitrogen and oxygen atoms in total. The quantitative estimate of drug-likeness (QED) is 0.415. The number of carbonyl (C=O) groups is 4.